The standard InChI is InChI=1S/C12H19N3O2/c1-8(12(16)17-5)7-15(4)11-6-13-9(2)10(3)14-11/h6,8H,7H2,1-5H3. The van der Waals surface area contributed by atoms with Gasteiger partial charge in [0, 0.05) is 13.6 Å². The van der Waals surface area contributed by atoms with Gasteiger partial charge in [-0.05, 0) is 13.8 Å². The van der Waals surface area contributed by atoms with Gasteiger partial charge in [0.15, 0.2) is 0 Å². The first-order valence-electron chi connectivity index (χ1n) is 5.55. The quantitative estimate of drug-likeness (QED) is 0.740. The highest BCUT2D eigenvalue weighted by atomic mass is 16.5. The number of anilines is 1. The van der Waals surface area contributed by atoms with Gasteiger partial charge in [-0.25, -0.2) is 4.98 Å². The van der Waals surface area contributed by atoms with E-state index in [1.165, 1.54) is 7.11 Å². The fourth-order valence-electron chi connectivity index (χ4n) is 1.49. The maximum absolute atomic E-state index is 11.3. The van der Waals surface area contributed by atoms with Crippen LogP contribution in [-0.4, -0.2) is 36.6 Å². The van der Waals surface area contributed by atoms with Gasteiger partial charge in [-0.1, -0.05) is 6.92 Å². The van der Waals surface area contributed by atoms with Crippen LogP contribution >= 0.6 is 0 Å². The maximum Gasteiger partial charge on any atom is 0.310 e. The molecule has 1 heterocycles. The van der Waals surface area contributed by atoms with E-state index in [0.717, 1.165) is 17.2 Å². The first kappa shape index (κ1) is 13.4. The number of esters is 1. The average Bonchev–Trinajstić information content (AvgIpc) is 2.31. The summed E-state index contributed by atoms with van der Waals surface area (Å²) in [5.41, 5.74) is 1.82. The van der Waals surface area contributed by atoms with Crippen molar-refractivity contribution in [3.63, 3.8) is 0 Å². The normalized spacial score (nSPS) is 12.1. The van der Waals surface area contributed by atoms with E-state index in [4.69, 9.17) is 0 Å². The number of rotatable bonds is 4. The minimum atomic E-state index is -0.214. The summed E-state index contributed by atoms with van der Waals surface area (Å²) in [6.45, 7) is 6.23. The molecule has 17 heavy (non-hydrogen) atoms. The lowest BCUT2D eigenvalue weighted by Gasteiger charge is -2.21. The molecule has 5 heteroatoms. The Kier molecular flexibility index (Phi) is 4.43. The van der Waals surface area contributed by atoms with Gasteiger partial charge in [-0.2, -0.15) is 0 Å². The Morgan fingerprint density at radius 1 is 1.47 bits per heavy atom. The Morgan fingerprint density at radius 3 is 2.65 bits per heavy atom. The molecule has 0 saturated heterocycles. The molecule has 0 fully saturated rings. The maximum atomic E-state index is 11.3. The van der Waals surface area contributed by atoms with Crippen molar-refractivity contribution in [2.45, 2.75) is 20.8 Å². The van der Waals surface area contributed by atoms with Gasteiger partial charge < -0.3 is 9.64 Å². The highest BCUT2D eigenvalue weighted by Crippen LogP contribution is 2.12. The van der Waals surface area contributed by atoms with Gasteiger partial charge in [0.1, 0.15) is 5.82 Å². The smallest absolute Gasteiger partial charge is 0.310 e. The molecule has 0 aliphatic rings. The summed E-state index contributed by atoms with van der Waals surface area (Å²) in [6.07, 6.45) is 1.71. The predicted octanol–water partition coefficient (Wildman–Crippen LogP) is 1.34. The molecule has 1 aromatic rings. The molecule has 1 unspecified atom stereocenters. The summed E-state index contributed by atoms with van der Waals surface area (Å²) in [6, 6.07) is 0. The molecule has 5 nitrogen and oxygen atoms in total. The number of carbonyl (C=O) groups is 1. The molecule has 0 amide bonds. The first-order valence-corrected chi connectivity index (χ1v) is 5.55. The number of hydrogen-bond acceptors (Lipinski definition) is 5. The van der Waals surface area contributed by atoms with Crippen molar-refractivity contribution in [1.29, 1.82) is 0 Å². The van der Waals surface area contributed by atoms with Crippen molar-refractivity contribution < 1.29 is 9.53 Å². The molecular formula is C12H19N3O2. The highest BCUT2D eigenvalue weighted by Gasteiger charge is 2.16. The van der Waals surface area contributed by atoms with Gasteiger partial charge in [0.05, 0.1) is 30.6 Å². The van der Waals surface area contributed by atoms with Crippen LogP contribution in [0.4, 0.5) is 5.82 Å². The lowest BCUT2D eigenvalue weighted by molar-refractivity contribution is -0.144. The van der Waals surface area contributed by atoms with E-state index in [1.54, 1.807) is 6.20 Å². The third kappa shape index (κ3) is 3.41. The van der Waals surface area contributed by atoms with E-state index in [1.807, 2.05) is 32.7 Å². The van der Waals surface area contributed by atoms with Crippen molar-refractivity contribution in [3.05, 3.63) is 17.6 Å². The summed E-state index contributed by atoms with van der Waals surface area (Å²) < 4.78 is 4.69. The Morgan fingerprint density at radius 2 is 2.12 bits per heavy atom. The van der Waals surface area contributed by atoms with Crippen molar-refractivity contribution in [2.24, 2.45) is 5.92 Å². The zero-order valence-electron chi connectivity index (χ0n) is 11.0. The van der Waals surface area contributed by atoms with Crippen LogP contribution in [0.2, 0.25) is 0 Å². The van der Waals surface area contributed by atoms with Gasteiger partial charge >= 0.3 is 5.97 Å². The molecule has 0 radical (unpaired) electrons. The number of hydrogen-bond donors (Lipinski definition) is 0. The van der Waals surface area contributed by atoms with Crippen LogP contribution < -0.4 is 4.90 Å². The molecule has 0 aliphatic heterocycles. The Bertz CT molecular complexity index is 407. The fraction of sp³-hybridized carbons (Fsp3) is 0.583. The molecule has 0 saturated carbocycles. The minimum absolute atomic E-state index is 0.187. The average molecular weight is 237 g/mol. The van der Waals surface area contributed by atoms with E-state index in [-0.39, 0.29) is 11.9 Å². The Balaban J connectivity index is 2.72. The summed E-state index contributed by atoms with van der Waals surface area (Å²) in [5, 5.41) is 0. The van der Waals surface area contributed by atoms with Crippen LogP contribution in [0.3, 0.4) is 0 Å². The zero-order valence-corrected chi connectivity index (χ0v) is 11.0. The molecule has 0 bridgehead atoms. The largest absolute Gasteiger partial charge is 0.469 e. The summed E-state index contributed by atoms with van der Waals surface area (Å²) in [5.74, 6) is 0.367. The SMILES string of the molecule is COC(=O)C(C)CN(C)c1cnc(C)c(C)n1. The second-order valence-electron chi connectivity index (χ2n) is 4.20. The van der Waals surface area contributed by atoms with E-state index in [2.05, 4.69) is 14.7 Å². The zero-order chi connectivity index (χ0) is 13.0. The van der Waals surface area contributed by atoms with E-state index >= 15 is 0 Å². The summed E-state index contributed by atoms with van der Waals surface area (Å²) >= 11 is 0. The fourth-order valence-corrected chi connectivity index (χ4v) is 1.49. The molecule has 0 N–H and O–H groups in total. The van der Waals surface area contributed by atoms with E-state index in [0.29, 0.717) is 6.54 Å². The lowest BCUT2D eigenvalue weighted by Crippen LogP contribution is -2.30. The molecule has 94 valence electrons. The van der Waals surface area contributed by atoms with Crippen molar-refractivity contribution in [1.82, 2.24) is 9.97 Å². The molecule has 1 rings (SSSR count). The van der Waals surface area contributed by atoms with Crippen molar-refractivity contribution >= 4 is 11.8 Å². The van der Waals surface area contributed by atoms with E-state index in [9.17, 15) is 4.79 Å². The number of carbonyl (C=O) groups excluding carboxylic acids is 1. The second kappa shape index (κ2) is 5.61. The Labute approximate surface area is 102 Å². The van der Waals surface area contributed by atoms with Gasteiger partial charge in [-0.3, -0.25) is 9.78 Å². The summed E-state index contributed by atoms with van der Waals surface area (Å²) in [7, 11) is 3.28. The predicted molar refractivity (Wildman–Crippen MR) is 66.0 cm³/mol. The minimum Gasteiger partial charge on any atom is -0.469 e. The Hall–Kier alpha value is -1.65. The third-order valence-electron chi connectivity index (χ3n) is 2.72. The number of methoxy groups -OCH3 is 1. The van der Waals surface area contributed by atoms with Crippen LogP contribution in [0.5, 0.6) is 0 Å². The van der Waals surface area contributed by atoms with Gasteiger partial charge in [-0.15, -0.1) is 0 Å². The molecule has 0 aromatic carbocycles. The molecule has 1 aromatic heterocycles. The topological polar surface area (TPSA) is 55.3 Å². The lowest BCUT2D eigenvalue weighted by atomic mass is 10.2. The van der Waals surface area contributed by atoms with Gasteiger partial charge in [0.2, 0.25) is 0 Å². The van der Waals surface area contributed by atoms with Crippen LogP contribution in [0.1, 0.15) is 18.3 Å². The second-order valence-corrected chi connectivity index (χ2v) is 4.20. The monoisotopic (exact) mass is 237 g/mol. The van der Waals surface area contributed by atoms with Crippen molar-refractivity contribution in [2.75, 3.05) is 25.6 Å². The van der Waals surface area contributed by atoms with Crippen molar-refractivity contribution in [3.8, 4) is 0 Å². The number of nitrogens with zero attached hydrogens (tertiary/aromatic N) is 3. The van der Waals surface area contributed by atoms with Crippen LogP contribution in [0.25, 0.3) is 0 Å². The van der Waals surface area contributed by atoms with Crippen LogP contribution in [-0.2, 0) is 9.53 Å². The number of ether oxygens (including phenoxy) is 1. The number of aromatic nitrogens is 2. The molecular weight excluding hydrogens is 218 g/mol. The first-order chi connectivity index (χ1) is 7.95. The van der Waals surface area contributed by atoms with E-state index < -0.39 is 0 Å². The van der Waals surface area contributed by atoms with Gasteiger partial charge in [0.25, 0.3) is 0 Å². The third-order valence-corrected chi connectivity index (χ3v) is 2.72. The number of aryl methyl sites for hydroxylation is 2. The molecule has 0 spiro atoms. The summed E-state index contributed by atoms with van der Waals surface area (Å²) in [4.78, 5) is 21.9. The van der Waals surface area contributed by atoms with Crippen LogP contribution in [0.15, 0.2) is 6.20 Å². The molecule has 0 aliphatic carbocycles. The highest BCUT2D eigenvalue weighted by molar-refractivity contribution is 5.72. The molecule has 1 atom stereocenters. The van der Waals surface area contributed by atoms with Crippen LogP contribution in [0, 0.1) is 19.8 Å².